The highest BCUT2D eigenvalue weighted by molar-refractivity contribution is 5.95. The number of nitrogens with zero attached hydrogens (tertiary/aromatic N) is 2. The Balaban J connectivity index is 2.16. The van der Waals surface area contributed by atoms with Crippen LogP contribution in [0, 0.1) is 12.8 Å². The maximum absolute atomic E-state index is 12.3. The first kappa shape index (κ1) is 19.2. The fourth-order valence-corrected chi connectivity index (χ4v) is 2.20. The summed E-state index contributed by atoms with van der Waals surface area (Å²) in [5.74, 6) is -0.699. The maximum atomic E-state index is 12.3. The predicted molar refractivity (Wildman–Crippen MR) is 99.2 cm³/mol. The van der Waals surface area contributed by atoms with Gasteiger partial charge in [-0.25, -0.2) is 4.79 Å². The average Bonchev–Trinajstić information content (AvgIpc) is 2.58. The first-order valence-electron chi connectivity index (χ1n) is 8.17. The standard InChI is InChI=1S/C18H22N4O4/c1-11(2)17(25)19-13-6-5-12(3)14(9-13)20-15(23)10-22-8-7-16(24)21(4)18(22)26/h5-9,11H,10H2,1-4H3,(H,19,25)(H,20,23). The molecule has 8 heteroatoms. The topological polar surface area (TPSA) is 102 Å². The summed E-state index contributed by atoms with van der Waals surface area (Å²) in [4.78, 5) is 47.5. The fraction of sp³-hybridized carbons (Fsp3) is 0.333. The molecule has 0 aliphatic rings. The molecule has 0 atom stereocenters. The van der Waals surface area contributed by atoms with E-state index in [4.69, 9.17) is 0 Å². The number of amides is 2. The molecule has 2 rings (SSSR count). The SMILES string of the molecule is Cc1ccc(NC(=O)C(C)C)cc1NC(=O)Cn1ccc(=O)n(C)c1=O. The summed E-state index contributed by atoms with van der Waals surface area (Å²) in [6.45, 7) is 5.17. The quantitative estimate of drug-likeness (QED) is 0.835. The van der Waals surface area contributed by atoms with E-state index in [1.165, 1.54) is 19.3 Å². The van der Waals surface area contributed by atoms with Crippen molar-refractivity contribution in [2.24, 2.45) is 13.0 Å². The fourth-order valence-electron chi connectivity index (χ4n) is 2.20. The molecule has 1 heterocycles. The molecule has 0 unspecified atom stereocenters. The molecule has 0 fully saturated rings. The number of benzene rings is 1. The van der Waals surface area contributed by atoms with Crippen LogP contribution in [0.5, 0.6) is 0 Å². The maximum Gasteiger partial charge on any atom is 0.331 e. The van der Waals surface area contributed by atoms with Crippen molar-refractivity contribution in [2.45, 2.75) is 27.3 Å². The third kappa shape index (κ3) is 4.47. The van der Waals surface area contributed by atoms with Gasteiger partial charge in [0, 0.05) is 36.6 Å². The lowest BCUT2D eigenvalue weighted by Crippen LogP contribution is -2.39. The molecule has 0 radical (unpaired) electrons. The normalized spacial score (nSPS) is 10.7. The van der Waals surface area contributed by atoms with Gasteiger partial charge in [-0.2, -0.15) is 0 Å². The van der Waals surface area contributed by atoms with E-state index in [-0.39, 0.29) is 18.4 Å². The Morgan fingerprint density at radius 3 is 2.46 bits per heavy atom. The second-order valence-electron chi connectivity index (χ2n) is 6.35. The van der Waals surface area contributed by atoms with Crippen LogP contribution in [-0.2, 0) is 23.2 Å². The molecule has 1 aromatic heterocycles. The van der Waals surface area contributed by atoms with Crippen molar-refractivity contribution < 1.29 is 9.59 Å². The largest absolute Gasteiger partial charge is 0.331 e. The smallest absolute Gasteiger partial charge is 0.326 e. The third-order valence-corrected chi connectivity index (χ3v) is 3.88. The Labute approximate surface area is 150 Å². The van der Waals surface area contributed by atoms with Crippen molar-refractivity contribution in [3.8, 4) is 0 Å². The lowest BCUT2D eigenvalue weighted by molar-refractivity contribution is -0.119. The summed E-state index contributed by atoms with van der Waals surface area (Å²) in [7, 11) is 1.35. The minimum Gasteiger partial charge on any atom is -0.326 e. The van der Waals surface area contributed by atoms with Crippen molar-refractivity contribution in [1.29, 1.82) is 0 Å². The highest BCUT2D eigenvalue weighted by atomic mass is 16.2. The Hall–Kier alpha value is -3.16. The predicted octanol–water partition coefficient (Wildman–Crippen LogP) is 1.09. The molecule has 0 aliphatic carbocycles. The number of carbonyl (C=O) groups is 2. The van der Waals surface area contributed by atoms with Crippen molar-refractivity contribution in [2.75, 3.05) is 10.6 Å². The van der Waals surface area contributed by atoms with Crippen LogP contribution in [0.4, 0.5) is 11.4 Å². The van der Waals surface area contributed by atoms with Crippen molar-refractivity contribution in [3.05, 3.63) is 56.9 Å². The third-order valence-electron chi connectivity index (χ3n) is 3.88. The molecule has 0 saturated heterocycles. The highest BCUT2D eigenvalue weighted by Crippen LogP contribution is 2.20. The first-order valence-corrected chi connectivity index (χ1v) is 8.17. The summed E-state index contributed by atoms with van der Waals surface area (Å²) in [5.41, 5.74) is 0.922. The molecule has 1 aromatic carbocycles. The number of nitrogens with one attached hydrogen (secondary N) is 2. The van der Waals surface area contributed by atoms with E-state index in [2.05, 4.69) is 10.6 Å². The zero-order valence-corrected chi connectivity index (χ0v) is 15.2. The first-order chi connectivity index (χ1) is 12.2. The molecule has 2 aromatic rings. The summed E-state index contributed by atoms with van der Waals surface area (Å²) in [6.07, 6.45) is 1.29. The molecule has 0 spiro atoms. The van der Waals surface area contributed by atoms with Gasteiger partial charge in [-0.3, -0.25) is 23.5 Å². The van der Waals surface area contributed by atoms with E-state index >= 15 is 0 Å². The molecule has 2 N–H and O–H groups in total. The van der Waals surface area contributed by atoms with Gasteiger partial charge in [0.15, 0.2) is 0 Å². The Morgan fingerprint density at radius 2 is 1.81 bits per heavy atom. The van der Waals surface area contributed by atoms with Gasteiger partial charge >= 0.3 is 5.69 Å². The second kappa shape index (κ2) is 7.81. The summed E-state index contributed by atoms with van der Waals surface area (Å²) < 4.78 is 2.08. The van der Waals surface area contributed by atoms with Gasteiger partial charge in [-0.05, 0) is 24.6 Å². The van der Waals surface area contributed by atoms with Gasteiger partial charge in [0.25, 0.3) is 5.56 Å². The van der Waals surface area contributed by atoms with Crippen molar-refractivity contribution in [3.63, 3.8) is 0 Å². The van der Waals surface area contributed by atoms with Gasteiger partial charge in [0.1, 0.15) is 6.54 Å². The lowest BCUT2D eigenvalue weighted by atomic mass is 10.1. The highest BCUT2D eigenvalue weighted by Gasteiger charge is 2.11. The molecule has 8 nitrogen and oxygen atoms in total. The summed E-state index contributed by atoms with van der Waals surface area (Å²) in [6, 6.07) is 6.42. The monoisotopic (exact) mass is 358 g/mol. The van der Waals surface area contributed by atoms with Crippen molar-refractivity contribution >= 4 is 23.2 Å². The lowest BCUT2D eigenvalue weighted by Gasteiger charge is -2.13. The second-order valence-corrected chi connectivity index (χ2v) is 6.35. The van der Waals surface area contributed by atoms with Crippen LogP contribution in [-0.4, -0.2) is 20.9 Å². The Kier molecular flexibility index (Phi) is 5.76. The number of anilines is 2. The zero-order valence-electron chi connectivity index (χ0n) is 15.2. The van der Waals surface area contributed by atoms with Gasteiger partial charge in [-0.1, -0.05) is 19.9 Å². The average molecular weight is 358 g/mol. The van der Waals surface area contributed by atoms with Crippen LogP contribution in [0.3, 0.4) is 0 Å². The van der Waals surface area contributed by atoms with E-state index in [9.17, 15) is 19.2 Å². The number of aromatic nitrogens is 2. The van der Waals surface area contributed by atoms with Gasteiger partial charge in [0.05, 0.1) is 0 Å². The molecule has 2 amide bonds. The molecule has 0 aliphatic heterocycles. The molecule has 0 bridgehead atoms. The van der Waals surface area contributed by atoms with Crippen LogP contribution in [0.2, 0.25) is 0 Å². The number of carbonyl (C=O) groups excluding carboxylic acids is 2. The zero-order chi connectivity index (χ0) is 19.4. The Morgan fingerprint density at radius 1 is 1.12 bits per heavy atom. The molecular formula is C18H22N4O4. The minimum atomic E-state index is -0.567. The van der Waals surface area contributed by atoms with E-state index in [0.717, 1.165) is 14.7 Å². The van der Waals surface area contributed by atoms with Crippen LogP contribution in [0.1, 0.15) is 19.4 Å². The van der Waals surface area contributed by atoms with Gasteiger partial charge in [-0.15, -0.1) is 0 Å². The number of rotatable bonds is 5. The van der Waals surface area contributed by atoms with Crippen LogP contribution in [0.25, 0.3) is 0 Å². The number of aryl methyl sites for hydroxylation is 1. The molecular weight excluding hydrogens is 336 g/mol. The van der Waals surface area contributed by atoms with E-state index in [0.29, 0.717) is 11.4 Å². The summed E-state index contributed by atoms with van der Waals surface area (Å²) >= 11 is 0. The van der Waals surface area contributed by atoms with Crippen LogP contribution >= 0.6 is 0 Å². The number of hydrogen-bond donors (Lipinski definition) is 2. The minimum absolute atomic E-state index is 0.122. The van der Waals surface area contributed by atoms with Crippen molar-refractivity contribution in [1.82, 2.24) is 9.13 Å². The molecule has 0 saturated carbocycles. The molecule has 26 heavy (non-hydrogen) atoms. The Bertz CT molecular complexity index is 956. The number of hydrogen-bond acceptors (Lipinski definition) is 4. The molecule has 138 valence electrons. The van der Waals surface area contributed by atoms with Crippen LogP contribution in [0.15, 0.2) is 40.1 Å². The summed E-state index contributed by atoms with van der Waals surface area (Å²) in [5, 5.41) is 5.50. The van der Waals surface area contributed by atoms with E-state index in [1.807, 2.05) is 6.92 Å². The van der Waals surface area contributed by atoms with Crippen LogP contribution < -0.4 is 21.9 Å². The van der Waals surface area contributed by atoms with Gasteiger partial charge in [0.2, 0.25) is 11.8 Å². The van der Waals surface area contributed by atoms with Gasteiger partial charge < -0.3 is 10.6 Å². The van der Waals surface area contributed by atoms with E-state index < -0.39 is 17.2 Å². The van der Waals surface area contributed by atoms with E-state index in [1.54, 1.807) is 32.0 Å².